The van der Waals surface area contributed by atoms with Crippen LogP contribution in [0.15, 0.2) is 66.7 Å². The van der Waals surface area contributed by atoms with Crippen LogP contribution in [0.1, 0.15) is 87.2 Å². The smallest absolute Gasteiger partial charge is 0.249 e. The summed E-state index contributed by atoms with van der Waals surface area (Å²) in [7, 11) is 0. The van der Waals surface area contributed by atoms with Gasteiger partial charge in [0.1, 0.15) is 52.7 Å². The molecule has 0 aliphatic rings. The number of pyridine rings is 1. The van der Waals surface area contributed by atoms with E-state index in [-0.39, 0.29) is 5.78 Å². The summed E-state index contributed by atoms with van der Waals surface area (Å²) in [4.78, 5) is 13.1. The van der Waals surface area contributed by atoms with Crippen LogP contribution in [0.4, 0.5) is 87.8 Å². The van der Waals surface area contributed by atoms with Crippen molar-refractivity contribution in [2.45, 2.75) is 77.7 Å². The lowest BCUT2D eigenvalue weighted by Gasteiger charge is -2.44. The highest BCUT2D eigenvalue weighted by atomic mass is 19.2. The van der Waals surface area contributed by atoms with Crippen LogP contribution in [0.25, 0.3) is 10.9 Å². The predicted octanol–water partition coefficient (Wildman–Crippen LogP) is 13.1. The van der Waals surface area contributed by atoms with Gasteiger partial charge < -0.3 is 0 Å². The molecule has 0 unspecified atom stereocenters. The summed E-state index contributed by atoms with van der Waals surface area (Å²) in [5.74, 6) is -71.1. The molecule has 0 radical (unpaired) electrons. The molecule has 0 aliphatic heterocycles. The molecule has 1 heterocycles. The molecule has 0 saturated carbocycles. The molecular formula is C52H36BF20NO. The minimum absolute atomic E-state index is 0.264. The van der Waals surface area contributed by atoms with Gasteiger partial charge in [-0.1, -0.05) is 101 Å². The number of halogens is 20. The van der Waals surface area contributed by atoms with Crippen LogP contribution < -0.4 is 26.4 Å². The molecule has 0 fully saturated rings. The van der Waals surface area contributed by atoms with Gasteiger partial charge in [-0.3, -0.25) is 4.79 Å². The molecule has 0 saturated heterocycles. The zero-order valence-corrected chi connectivity index (χ0v) is 38.6. The number of carbonyl (C=O) groups excluding carboxylic acids is 1. The first-order valence-corrected chi connectivity index (χ1v) is 22.7. The van der Waals surface area contributed by atoms with E-state index in [1.807, 2.05) is 12.1 Å². The Balaban J connectivity index is 0.000000264. The molecule has 0 amide bonds. The maximum Gasteiger partial charge on any atom is 0.249 e. The van der Waals surface area contributed by atoms with E-state index in [4.69, 9.17) is 0 Å². The third-order valence-corrected chi connectivity index (χ3v) is 12.6. The Morgan fingerprint density at radius 3 is 1.03 bits per heavy atom. The van der Waals surface area contributed by atoms with Crippen LogP contribution in [0.3, 0.4) is 0 Å². The van der Waals surface area contributed by atoms with E-state index in [1.54, 1.807) is 0 Å². The van der Waals surface area contributed by atoms with Gasteiger partial charge in [-0.25, -0.2) is 87.8 Å². The first-order valence-electron chi connectivity index (χ1n) is 22.7. The lowest BCUT2D eigenvalue weighted by Crippen LogP contribution is -2.81. The molecule has 7 rings (SSSR count). The number of nitrogens with zero attached hydrogens (tertiary/aromatic N) is 1. The Kier molecular flexibility index (Phi) is 18.1. The fourth-order valence-electron chi connectivity index (χ4n) is 9.04. The Labute approximate surface area is 413 Å². The van der Waals surface area contributed by atoms with E-state index in [9.17, 15) is 57.5 Å². The van der Waals surface area contributed by atoms with E-state index in [0.717, 1.165) is 30.6 Å². The van der Waals surface area contributed by atoms with E-state index < -0.39 is 144 Å². The Morgan fingerprint density at radius 1 is 0.360 bits per heavy atom. The van der Waals surface area contributed by atoms with Gasteiger partial charge in [0, 0.05) is 29.5 Å². The van der Waals surface area contributed by atoms with Crippen molar-refractivity contribution in [1.82, 2.24) is 0 Å². The van der Waals surface area contributed by atoms with Crippen LogP contribution in [0.2, 0.25) is 0 Å². The number of unbranched alkanes of at least 4 members (excludes halogenated alkanes) is 8. The standard InChI is InChI=1S/C28H36NO.C24BF20/c1-2-3-4-5-6-7-8-9-13-20-28(30)27-22-21-25-18-14-15-19-26(25)29(27)23-24-16-11-10-12-17-24;26-5-1(6(27)14(35)21(42)13(5)34)25(2-7(28)15(36)22(43)16(37)8(2)29,3-9(30)17(38)23(44)18(39)10(3)31)4-11(32)19(40)24(45)20(41)12(4)33/h10-12,14-19,21-22H,2-9,13,20,23H2,1H3;/q+1;-1. The summed E-state index contributed by atoms with van der Waals surface area (Å²) < 4.78 is 296. The second-order valence-electron chi connectivity index (χ2n) is 17.2. The Hall–Kier alpha value is -6.94. The van der Waals surface area contributed by atoms with Gasteiger partial charge in [0.2, 0.25) is 17.0 Å². The fourth-order valence-corrected chi connectivity index (χ4v) is 9.04. The van der Waals surface area contributed by atoms with E-state index >= 15 is 35.1 Å². The number of aromatic nitrogens is 1. The molecule has 2 nitrogen and oxygen atoms in total. The number of ketones is 1. The third-order valence-electron chi connectivity index (χ3n) is 12.6. The topological polar surface area (TPSA) is 20.9 Å². The van der Waals surface area contributed by atoms with E-state index in [0.29, 0.717) is 6.42 Å². The molecule has 0 spiro atoms. The highest BCUT2D eigenvalue weighted by Crippen LogP contribution is 2.31. The molecule has 0 bridgehead atoms. The van der Waals surface area contributed by atoms with Crippen molar-refractivity contribution >= 4 is 44.7 Å². The highest BCUT2D eigenvalue weighted by molar-refractivity contribution is 7.20. The largest absolute Gasteiger partial charge is 0.287 e. The predicted molar refractivity (Wildman–Crippen MR) is 235 cm³/mol. The van der Waals surface area contributed by atoms with Crippen LogP contribution >= 0.6 is 0 Å². The van der Waals surface area contributed by atoms with Crippen molar-refractivity contribution in [3.8, 4) is 0 Å². The number of fused-ring (bicyclic) bond motifs is 1. The molecule has 6 aromatic carbocycles. The Bertz CT molecular complexity index is 2920. The van der Waals surface area contributed by atoms with Gasteiger partial charge in [0.25, 0.3) is 0 Å². The summed E-state index contributed by atoms with van der Waals surface area (Å²) in [6.07, 6.45) is 4.89. The van der Waals surface area contributed by atoms with Gasteiger partial charge in [-0.05, 0) is 18.6 Å². The molecule has 1 aromatic heterocycles. The number of benzene rings is 6. The van der Waals surface area contributed by atoms with Gasteiger partial charge in [-0.2, -0.15) is 4.57 Å². The molecule has 75 heavy (non-hydrogen) atoms. The molecule has 23 heteroatoms. The normalized spacial score (nSPS) is 11.6. The molecule has 7 aromatic rings. The fraction of sp³-hybridized carbons (Fsp3) is 0.231. The van der Waals surface area contributed by atoms with Gasteiger partial charge >= 0.3 is 0 Å². The average Bonchev–Trinajstić information content (AvgIpc) is 3.40. The number of rotatable bonds is 17. The maximum absolute atomic E-state index is 15.4. The van der Waals surface area contributed by atoms with Crippen molar-refractivity contribution in [2.75, 3.05) is 0 Å². The molecule has 0 N–H and O–H groups in total. The third kappa shape index (κ3) is 10.5. The van der Waals surface area contributed by atoms with Crippen molar-refractivity contribution in [3.05, 3.63) is 194 Å². The van der Waals surface area contributed by atoms with Crippen molar-refractivity contribution < 1.29 is 97.2 Å². The minimum atomic E-state index is -7.22. The van der Waals surface area contributed by atoms with Gasteiger partial charge in [0.15, 0.2) is 76.4 Å². The maximum atomic E-state index is 15.4. The number of hydrogen-bond acceptors (Lipinski definition) is 1. The zero-order valence-electron chi connectivity index (χ0n) is 38.6. The summed E-state index contributed by atoms with van der Waals surface area (Å²) in [6.45, 7) is 2.98. The number of Topliss-reactive ketones (excluding diaryl/α,β-unsaturated/α-hetero) is 1. The van der Waals surface area contributed by atoms with E-state index in [1.165, 1.54) is 55.9 Å². The van der Waals surface area contributed by atoms with Gasteiger partial charge in [-0.15, -0.1) is 21.9 Å². The molecular weight excluding hydrogens is 1050 g/mol. The molecule has 398 valence electrons. The summed E-state index contributed by atoms with van der Waals surface area (Å²) in [5, 5.41) is 1.17. The average molecular weight is 1080 g/mol. The SMILES string of the molecule is CCCCCCCCCCCC(=O)c1ccc2ccccc2[n+]1Cc1ccccc1.Fc1c(F)c(F)c([B-](c2c(F)c(F)c(F)c(F)c2F)(c2c(F)c(F)c(F)c(F)c2F)c2c(F)c(F)c(F)c(F)c2F)c(F)c1F. The van der Waals surface area contributed by atoms with Crippen molar-refractivity contribution in [3.63, 3.8) is 0 Å². The summed E-state index contributed by atoms with van der Waals surface area (Å²) >= 11 is 0. The van der Waals surface area contributed by atoms with Crippen LogP contribution in [0.5, 0.6) is 0 Å². The summed E-state index contributed by atoms with van der Waals surface area (Å²) in [5.41, 5.74) is -11.2. The lowest BCUT2D eigenvalue weighted by molar-refractivity contribution is -0.664. The zero-order chi connectivity index (χ0) is 55.4. The molecule has 0 atom stereocenters. The van der Waals surface area contributed by atoms with Crippen LogP contribution in [0, 0.1) is 116 Å². The van der Waals surface area contributed by atoms with Crippen LogP contribution in [-0.2, 0) is 6.54 Å². The first-order chi connectivity index (χ1) is 35.5. The van der Waals surface area contributed by atoms with Gasteiger partial charge in [0.05, 0.1) is 0 Å². The van der Waals surface area contributed by atoms with E-state index in [2.05, 4.69) is 66.1 Å². The Morgan fingerprint density at radius 2 is 0.667 bits per heavy atom. The highest BCUT2D eigenvalue weighted by Gasteiger charge is 2.52. The second kappa shape index (κ2) is 23.7. The number of carbonyl (C=O) groups is 1. The quantitative estimate of drug-likeness (QED) is 0.0169. The summed E-state index contributed by atoms with van der Waals surface area (Å²) in [6, 6.07) is 22.9. The number of para-hydroxylation sites is 1. The first kappa shape index (κ1) is 57.3. The molecule has 0 aliphatic carbocycles. The lowest BCUT2D eigenvalue weighted by atomic mass is 9.12. The minimum Gasteiger partial charge on any atom is -0.287 e. The van der Waals surface area contributed by atoms with Crippen LogP contribution in [-0.4, -0.2) is 11.9 Å². The monoisotopic (exact) mass is 1080 g/mol. The second-order valence-corrected chi connectivity index (χ2v) is 17.2. The number of hydrogen-bond donors (Lipinski definition) is 0. The van der Waals surface area contributed by atoms with Crippen molar-refractivity contribution in [1.29, 1.82) is 0 Å². The van der Waals surface area contributed by atoms with Crippen molar-refractivity contribution in [2.24, 2.45) is 0 Å².